The van der Waals surface area contributed by atoms with Crippen LogP contribution in [-0.2, 0) is 9.59 Å². The summed E-state index contributed by atoms with van der Waals surface area (Å²) in [5.74, 6) is -1.57. The van der Waals surface area contributed by atoms with Crippen LogP contribution in [-0.4, -0.2) is 31.0 Å². The summed E-state index contributed by atoms with van der Waals surface area (Å²) in [7, 11) is 2.97. The summed E-state index contributed by atoms with van der Waals surface area (Å²) < 4.78 is 24.2. The number of methoxy groups -OCH3 is 2. The van der Waals surface area contributed by atoms with Crippen molar-refractivity contribution in [2.75, 3.05) is 19.1 Å². The molecular weight excluding hydrogens is 413 g/mol. The highest BCUT2D eigenvalue weighted by atomic mass is 19.1. The van der Waals surface area contributed by atoms with E-state index in [0.29, 0.717) is 28.3 Å². The number of Topliss-reactive ketones (excluding diaryl/α,β-unsaturated/α-hetero) is 1. The average molecular weight is 433 g/mol. The van der Waals surface area contributed by atoms with Gasteiger partial charge in [-0.15, -0.1) is 0 Å². The zero-order chi connectivity index (χ0) is 22.8. The quantitative estimate of drug-likeness (QED) is 0.365. The van der Waals surface area contributed by atoms with Crippen molar-refractivity contribution in [3.63, 3.8) is 0 Å². The molecule has 1 aliphatic rings. The average Bonchev–Trinajstić information content (AvgIpc) is 3.09. The van der Waals surface area contributed by atoms with E-state index in [4.69, 9.17) is 9.47 Å². The number of aliphatic hydroxyl groups is 1. The number of aliphatic hydroxyl groups excluding tert-OH is 1. The summed E-state index contributed by atoms with van der Waals surface area (Å²) >= 11 is 0. The summed E-state index contributed by atoms with van der Waals surface area (Å²) in [6.45, 7) is 0. The van der Waals surface area contributed by atoms with Crippen LogP contribution in [0.25, 0.3) is 5.76 Å². The van der Waals surface area contributed by atoms with Gasteiger partial charge in [0.2, 0.25) is 0 Å². The fraction of sp³-hybridized carbons (Fsp3) is 0.120. The molecule has 0 aromatic heterocycles. The standard InChI is InChI=1S/C25H20FNO5/c1-31-19-13-8-16(14-20(19)32-2)22-21(23(28)15-6-4-3-5-7-15)24(29)25(30)27(22)18-11-9-17(26)10-12-18/h3-14,22,28H,1-2H3/b23-21+/t22-/m1/s1. The molecule has 0 unspecified atom stereocenters. The van der Waals surface area contributed by atoms with E-state index in [-0.39, 0.29) is 11.3 Å². The molecule has 162 valence electrons. The molecule has 1 heterocycles. The molecule has 1 aliphatic heterocycles. The van der Waals surface area contributed by atoms with Gasteiger partial charge in [-0.3, -0.25) is 14.5 Å². The van der Waals surface area contributed by atoms with Gasteiger partial charge in [0.25, 0.3) is 11.7 Å². The Morgan fingerprint density at radius 3 is 2.19 bits per heavy atom. The van der Waals surface area contributed by atoms with E-state index in [1.165, 1.54) is 43.4 Å². The van der Waals surface area contributed by atoms with Crippen LogP contribution in [0.4, 0.5) is 10.1 Å². The second-order valence-electron chi connectivity index (χ2n) is 7.13. The Hall–Kier alpha value is -4.13. The lowest BCUT2D eigenvalue weighted by atomic mass is 9.94. The highest BCUT2D eigenvalue weighted by Crippen LogP contribution is 2.44. The highest BCUT2D eigenvalue weighted by molar-refractivity contribution is 6.51. The zero-order valence-corrected chi connectivity index (χ0v) is 17.4. The Morgan fingerprint density at radius 2 is 1.56 bits per heavy atom. The Morgan fingerprint density at radius 1 is 0.906 bits per heavy atom. The Labute approximate surface area is 184 Å². The number of carbonyl (C=O) groups is 2. The van der Waals surface area contributed by atoms with Gasteiger partial charge < -0.3 is 14.6 Å². The number of amides is 1. The van der Waals surface area contributed by atoms with Gasteiger partial charge in [0.15, 0.2) is 11.5 Å². The summed E-state index contributed by atoms with van der Waals surface area (Å²) in [6.07, 6.45) is 0. The molecule has 3 aromatic rings. The van der Waals surface area contributed by atoms with Crippen LogP contribution in [0.5, 0.6) is 11.5 Å². The van der Waals surface area contributed by atoms with Gasteiger partial charge in [-0.2, -0.15) is 0 Å². The molecule has 1 amide bonds. The van der Waals surface area contributed by atoms with E-state index >= 15 is 0 Å². The number of nitrogens with zero attached hydrogens (tertiary/aromatic N) is 1. The summed E-state index contributed by atoms with van der Waals surface area (Å²) in [5, 5.41) is 11.0. The lowest BCUT2D eigenvalue weighted by molar-refractivity contribution is -0.132. The first-order valence-electron chi connectivity index (χ1n) is 9.80. The van der Waals surface area contributed by atoms with Gasteiger partial charge in [0.05, 0.1) is 25.8 Å². The van der Waals surface area contributed by atoms with Crippen molar-refractivity contribution >= 4 is 23.1 Å². The third-order valence-corrected chi connectivity index (χ3v) is 5.32. The number of benzene rings is 3. The van der Waals surface area contributed by atoms with Crippen molar-refractivity contribution < 1.29 is 28.6 Å². The van der Waals surface area contributed by atoms with E-state index in [2.05, 4.69) is 0 Å². The third kappa shape index (κ3) is 3.58. The van der Waals surface area contributed by atoms with E-state index in [9.17, 15) is 19.1 Å². The first kappa shape index (κ1) is 21.1. The first-order chi connectivity index (χ1) is 15.5. The number of ketones is 1. The molecule has 32 heavy (non-hydrogen) atoms. The molecule has 0 aliphatic carbocycles. The summed E-state index contributed by atoms with van der Waals surface area (Å²) in [4.78, 5) is 27.4. The van der Waals surface area contributed by atoms with Gasteiger partial charge in [0.1, 0.15) is 11.6 Å². The smallest absolute Gasteiger partial charge is 0.300 e. The molecule has 6 nitrogen and oxygen atoms in total. The SMILES string of the molecule is COc1ccc([C@@H]2/C(=C(\O)c3ccccc3)C(=O)C(=O)N2c2ccc(F)cc2)cc1OC. The molecule has 1 atom stereocenters. The van der Waals surface area contributed by atoms with E-state index in [1.54, 1.807) is 48.5 Å². The molecule has 3 aromatic carbocycles. The second-order valence-corrected chi connectivity index (χ2v) is 7.13. The van der Waals surface area contributed by atoms with E-state index in [1.807, 2.05) is 0 Å². The van der Waals surface area contributed by atoms with Crippen LogP contribution >= 0.6 is 0 Å². The molecule has 1 saturated heterocycles. The summed E-state index contributed by atoms with van der Waals surface area (Å²) in [5.41, 5.74) is 1.16. The van der Waals surface area contributed by atoms with Gasteiger partial charge in [-0.1, -0.05) is 36.4 Å². The lowest BCUT2D eigenvalue weighted by Crippen LogP contribution is -2.29. The topological polar surface area (TPSA) is 76.1 Å². The van der Waals surface area contributed by atoms with Crippen molar-refractivity contribution in [3.8, 4) is 11.5 Å². The summed E-state index contributed by atoms with van der Waals surface area (Å²) in [6, 6.07) is 17.8. The van der Waals surface area contributed by atoms with Crippen LogP contribution in [0, 0.1) is 5.82 Å². The van der Waals surface area contributed by atoms with Gasteiger partial charge >= 0.3 is 0 Å². The molecular formula is C25H20FNO5. The second kappa shape index (κ2) is 8.55. The van der Waals surface area contributed by atoms with Crippen LogP contribution in [0.3, 0.4) is 0 Å². The Kier molecular flexibility index (Phi) is 5.64. The lowest BCUT2D eigenvalue weighted by Gasteiger charge is -2.26. The maximum Gasteiger partial charge on any atom is 0.300 e. The van der Waals surface area contributed by atoms with E-state index in [0.717, 1.165) is 0 Å². The largest absolute Gasteiger partial charge is 0.507 e. The van der Waals surface area contributed by atoms with Crippen LogP contribution < -0.4 is 14.4 Å². The van der Waals surface area contributed by atoms with Gasteiger partial charge in [-0.05, 0) is 42.0 Å². The van der Waals surface area contributed by atoms with Crippen molar-refractivity contribution in [1.29, 1.82) is 0 Å². The number of anilines is 1. The molecule has 0 saturated carbocycles. The molecule has 4 rings (SSSR count). The minimum Gasteiger partial charge on any atom is -0.507 e. The minimum absolute atomic E-state index is 0.0715. The Bertz CT molecular complexity index is 1200. The molecule has 1 N–H and O–H groups in total. The zero-order valence-electron chi connectivity index (χ0n) is 17.4. The van der Waals surface area contributed by atoms with Crippen molar-refractivity contribution in [3.05, 3.63) is 95.3 Å². The van der Waals surface area contributed by atoms with Crippen LogP contribution in [0.15, 0.2) is 78.4 Å². The van der Waals surface area contributed by atoms with Gasteiger partial charge in [-0.25, -0.2) is 4.39 Å². The third-order valence-electron chi connectivity index (χ3n) is 5.32. The molecule has 0 bridgehead atoms. The number of ether oxygens (including phenoxy) is 2. The number of carbonyl (C=O) groups excluding carboxylic acids is 2. The van der Waals surface area contributed by atoms with Gasteiger partial charge in [0, 0.05) is 11.3 Å². The maximum atomic E-state index is 13.5. The fourth-order valence-electron chi connectivity index (χ4n) is 3.79. The number of hydrogen-bond donors (Lipinski definition) is 1. The molecule has 7 heteroatoms. The predicted octanol–water partition coefficient (Wildman–Crippen LogP) is 4.47. The minimum atomic E-state index is -0.958. The highest BCUT2D eigenvalue weighted by Gasteiger charge is 2.47. The van der Waals surface area contributed by atoms with Crippen molar-refractivity contribution in [1.82, 2.24) is 0 Å². The first-order valence-corrected chi connectivity index (χ1v) is 9.80. The number of rotatable bonds is 5. The fourth-order valence-corrected chi connectivity index (χ4v) is 3.79. The number of hydrogen-bond acceptors (Lipinski definition) is 5. The number of halogens is 1. The van der Waals surface area contributed by atoms with Crippen molar-refractivity contribution in [2.24, 2.45) is 0 Å². The van der Waals surface area contributed by atoms with Crippen LogP contribution in [0.1, 0.15) is 17.2 Å². The predicted molar refractivity (Wildman–Crippen MR) is 117 cm³/mol. The van der Waals surface area contributed by atoms with Crippen molar-refractivity contribution in [2.45, 2.75) is 6.04 Å². The molecule has 0 radical (unpaired) electrons. The molecule has 0 spiro atoms. The van der Waals surface area contributed by atoms with Crippen LogP contribution in [0.2, 0.25) is 0 Å². The van der Waals surface area contributed by atoms with E-state index < -0.39 is 23.5 Å². The molecule has 1 fully saturated rings. The maximum absolute atomic E-state index is 13.5. The normalized spacial score (nSPS) is 17.5. The monoisotopic (exact) mass is 433 g/mol. The Balaban J connectivity index is 1.96.